The van der Waals surface area contributed by atoms with Gasteiger partial charge in [-0.05, 0) is 18.6 Å². The normalized spacial score (nSPS) is 9.69. The lowest BCUT2D eigenvalue weighted by molar-refractivity contribution is -0.116. The van der Waals surface area contributed by atoms with Crippen LogP contribution >= 0.6 is 11.6 Å². The summed E-state index contributed by atoms with van der Waals surface area (Å²) in [6, 6.07) is 3.28. The Morgan fingerprint density at radius 1 is 1.69 bits per heavy atom. The van der Waals surface area contributed by atoms with E-state index in [0.29, 0.717) is 17.3 Å². The van der Waals surface area contributed by atoms with Crippen LogP contribution in [0.25, 0.3) is 0 Å². The predicted molar refractivity (Wildman–Crippen MR) is 52.8 cm³/mol. The zero-order valence-electron chi connectivity index (χ0n) is 7.38. The first kappa shape index (κ1) is 9.99. The number of hydrogen-bond acceptors (Lipinski definition) is 2. The number of hydrogen-bond donors (Lipinski definition) is 1. The first-order chi connectivity index (χ1) is 6.22. The van der Waals surface area contributed by atoms with Crippen LogP contribution in [0.1, 0.15) is 19.8 Å². The summed E-state index contributed by atoms with van der Waals surface area (Å²) in [6.07, 6.45) is 2.89. The van der Waals surface area contributed by atoms with E-state index in [1.54, 1.807) is 18.3 Å². The van der Waals surface area contributed by atoms with Gasteiger partial charge in [-0.3, -0.25) is 4.79 Å². The van der Waals surface area contributed by atoms with Crippen molar-refractivity contribution < 1.29 is 4.79 Å². The molecule has 1 rings (SSSR count). The van der Waals surface area contributed by atoms with Crippen molar-refractivity contribution in [2.24, 2.45) is 0 Å². The number of nitrogens with zero attached hydrogens (tertiary/aromatic N) is 1. The van der Waals surface area contributed by atoms with Crippen molar-refractivity contribution in [3.8, 4) is 0 Å². The predicted octanol–water partition coefficient (Wildman–Crippen LogP) is 2.47. The van der Waals surface area contributed by atoms with Gasteiger partial charge in [0.25, 0.3) is 0 Å². The minimum atomic E-state index is -0.0303. The first-order valence-corrected chi connectivity index (χ1v) is 4.51. The van der Waals surface area contributed by atoms with Crippen molar-refractivity contribution in [3.63, 3.8) is 0 Å². The topological polar surface area (TPSA) is 42.0 Å². The maximum Gasteiger partial charge on any atom is 0.225 e. The summed E-state index contributed by atoms with van der Waals surface area (Å²) in [6.45, 7) is 1.95. The Labute approximate surface area is 82.1 Å². The number of halogens is 1. The van der Waals surface area contributed by atoms with E-state index in [1.165, 1.54) is 0 Å². The molecule has 0 aliphatic rings. The highest BCUT2D eigenvalue weighted by Crippen LogP contribution is 2.11. The van der Waals surface area contributed by atoms with Crippen LogP contribution in [-0.2, 0) is 4.79 Å². The lowest BCUT2D eigenvalue weighted by Gasteiger charge is -2.02. The van der Waals surface area contributed by atoms with E-state index in [1.807, 2.05) is 6.92 Å². The summed E-state index contributed by atoms with van der Waals surface area (Å²) >= 11 is 5.71. The third kappa shape index (κ3) is 3.42. The molecule has 0 fully saturated rings. The van der Waals surface area contributed by atoms with Crippen LogP contribution in [0.5, 0.6) is 0 Å². The number of pyridine rings is 1. The molecule has 0 saturated carbocycles. The largest absolute Gasteiger partial charge is 0.311 e. The quantitative estimate of drug-likeness (QED) is 0.811. The Balaban J connectivity index is 2.58. The molecule has 1 N–H and O–H groups in total. The SMILES string of the molecule is CCCC(=O)Nc1cc(Cl)ccn1. The molecule has 3 nitrogen and oxygen atoms in total. The molecule has 0 radical (unpaired) electrons. The van der Waals surface area contributed by atoms with Crippen molar-refractivity contribution in [3.05, 3.63) is 23.4 Å². The second kappa shape index (κ2) is 4.82. The van der Waals surface area contributed by atoms with Gasteiger partial charge in [0.15, 0.2) is 0 Å². The van der Waals surface area contributed by atoms with E-state index in [9.17, 15) is 4.79 Å². The van der Waals surface area contributed by atoms with E-state index >= 15 is 0 Å². The highest BCUT2D eigenvalue weighted by Gasteiger charge is 2.01. The average Bonchev–Trinajstić information content (AvgIpc) is 2.04. The molecular weight excluding hydrogens is 188 g/mol. The summed E-state index contributed by atoms with van der Waals surface area (Å²) in [5, 5.41) is 3.22. The third-order valence-electron chi connectivity index (χ3n) is 1.47. The molecule has 1 aromatic heterocycles. The van der Waals surface area contributed by atoms with Gasteiger partial charge < -0.3 is 5.32 Å². The number of amides is 1. The van der Waals surface area contributed by atoms with Crippen molar-refractivity contribution in [2.75, 3.05) is 5.32 Å². The maximum absolute atomic E-state index is 11.1. The molecule has 70 valence electrons. The van der Waals surface area contributed by atoms with Crippen LogP contribution in [-0.4, -0.2) is 10.9 Å². The Hall–Kier alpha value is -1.09. The molecule has 1 aromatic rings. The summed E-state index contributed by atoms with van der Waals surface area (Å²) in [5.41, 5.74) is 0. The van der Waals surface area contributed by atoms with Gasteiger partial charge in [0, 0.05) is 17.6 Å². The van der Waals surface area contributed by atoms with Crippen LogP contribution in [0.2, 0.25) is 5.02 Å². The monoisotopic (exact) mass is 198 g/mol. The minimum Gasteiger partial charge on any atom is -0.311 e. The zero-order chi connectivity index (χ0) is 9.68. The van der Waals surface area contributed by atoms with Gasteiger partial charge in [0.1, 0.15) is 5.82 Å². The maximum atomic E-state index is 11.1. The molecular formula is C9H11ClN2O. The number of nitrogens with one attached hydrogen (secondary N) is 1. The average molecular weight is 199 g/mol. The van der Waals surface area contributed by atoms with Crippen molar-refractivity contribution >= 4 is 23.3 Å². The van der Waals surface area contributed by atoms with Crippen LogP contribution in [0.15, 0.2) is 18.3 Å². The van der Waals surface area contributed by atoms with Gasteiger partial charge in [0.05, 0.1) is 0 Å². The fraction of sp³-hybridized carbons (Fsp3) is 0.333. The number of rotatable bonds is 3. The summed E-state index contributed by atoms with van der Waals surface area (Å²) in [7, 11) is 0. The molecule has 0 aliphatic carbocycles. The summed E-state index contributed by atoms with van der Waals surface area (Å²) in [4.78, 5) is 15.1. The molecule has 0 saturated heterocycles. The molecule has 13 heavy (non-hydrogen) atoms. The fourth-order valence-corrected chi connectivity index (χ4v) is 1.07. The second-order valence-electron chi connectivity index (χ2n) is 2.66. The number of carbonyl (C=O) groups is 1. The molecule has 0 spiro atoms. The lowest BCUT2D eigenvalue weighted by Crippen LogP contribution is -2.11. The Morgan fingerprint density at radius 2 is 2.46 bits per heavy atom. The van der Waals surface area contributed by atoms with Gasteiger partial charge in [-0.2, -0.15) is 0 Å². The van der Waals surface area contributed by atoms with Gasteiger partial charge in [-0.25, -0.2) is 4.98 Å². The van der Waals surface area contributed by atoms with Gasteiger partial charge >= 0.3 is 0 Å². The summed E-state index contributed by atoms with van der Waals surface area (Å²) < 4.78 is 0. The second-order valence-corrected chi connectivity index (χ2v) is 3.09. The van der Waals surface area contributed by atoms with Crippen LogP contribution in [0, 0.1) is 0 Å². The van der Waals surface area contributed by atoms with E-state index in [-0.39, 0.29) is 5.91 Å². The van der Waals surface area contributed by atoms with Gasteiger partial charge in [-0.1, -0.05) is 18.5 Å². The van der Waals surface area contributed by atoms with E-state index in [2.05, 4.69) is 10.3 Å². The molecule has 1 amide bonds. The highest BCUT2D eigenvalue weighted by atomic mass is 35.5. The van der Waals surface area contributed by atoms with Crippen LogP contribution in [0.4, 0.5) is 5.82 Å². The van der Waals surface area contributed by atoms with E-state index in [4.69, 9.17) is 11.6 Å². The molecule has 0 aromatic carbocycles. The number of anilines is 1. The first-order valence-electron chi connectivity index (χ1n) is 4.13. The van der Waals surface area contributed by atoms with Crippen molar-refractivity contribution in [2.45, 2.75) is 19.8 Å². The fourth-order valence-electron chi connectivity index (χ4n) is 0.906. The molecule has 0 aliphatic heterocycles. The Kier molecular flexibility index (Phi) is 3.71. The third-order valence-corrected chi connectivity index (χ3v) is 1.70. The van der Waals surface area contributed by atoms with Crippen LogP contribution in [0.3, 0.4) is 0 Å². The van der Waals surface area contributed by atoms with E-state index in [0.717, 1.165) is 6.42 Å². The Morgan fingerprint density at radius 3 is 3.08 bits per heavy atom. The van der Waals surface area contributed by atoms with Crippen molar-refractivity contribution in [1.82, 2.24) is 4.98 Å². The Bertz CT molecular complexity index is 301. The standard InChI is InChI=1S/C9H11ClN2O/c1-2-3-9(13)12-8-6-7(10)4-5-11-8/h4-6H,2-3H2,1H3,(H,11,12,13). The molecule has 4 heteroatoms. The highest BCUT2D eigenvalue weighted by molar-refractivity contribution is 6.30. The number of carbonyl (C=O) groups excluding carboxylic acids is 1. The van der Waals surface area contributed by atoms with Crippen LogP contribution < -0.4 is 5.32 Å². The molecule has 1 heterocycles. The molecule has 0 atom stereocenters. The summed E-state index contributed by atoms with van der Waals surface area (Å²) in [5.74, 6) is 0.475. The molecule has 0 unspecified atom stereocenters. The minimum absolute atomic E-state index is 0.0303. The van der Waals surface area contributed by atoms with E-state index < -0.39 is 0 Å². The van der Waals surface area contributed by atoms with Gasteiger partial charge in [-0.15, -0.1) is 0 Å². The van der Waals surface area contributed by atoms with Gasteiger partial charge in [0.2, 0.25) is 5.91 Å². The smallest absolute Gasteiger partial charge is 0.225 e. The van der Waals surface area contributed by atoms with Crippen molar-refractivity contribution in [1.29, 1.82) is 0 Å². The molecule has 0 bridgehead atoms. The zero-order valence-corrected chi connectivity index (χ0v) is 8.14. The number of aromatic nitrogens is 1. The lowest BCUT2D eigenvalue weighted by atomic mass is 10.3.